The Morgan fingerprint density at radius 3 is 2.68 bits per heavy atom. The van der Waals surface area contributed by atoms with Crippen molar-refractivity contribution in [2.45, 2.75) is 25.5 Å². The minimum absolute atomic E-state index is 0.0939. The number of hydrogen-bond acceptors (Lipinski definition) is 5. The van der Waals surface area contributed by atoms with E-state index in [0.717, 1.165) is 5.39 Å². The molecule has 0 fully saturated rings. The van der Waals surface area contributed by atoms with Gasteiger partial charge in [-0.05, 0) is 36.8 Å². The number of benzene rings is 2. The molecule has 0 spiro atoms. The van der Waals surface area contributed by atoms with Gasteiger partial charge in [0.2, 0.25) is 5.91 Å². The van der Waals surface area contributed by atoms with E-state index >= 15 is 0 Å². The topological polar surface area (TPSA) is 84.6 Å². The molecule has 0 aliphatic rings. The molecule has 6 heteroatoms. The number of aliphatic hydroxyl groups is 1. The van der Waals surface area contributed by atoms with Gasteiger partial charge in [0, 0.05) is 5.39 Å². The Kier molecular flexibility index (Phi) is 5.00. The molecule has 130 valence electrons. The second-order valence-corrected chi connectivity index (χ2v) is 5.88. The van der Waals surface area contributed by atoms with Gasteiger partial charge in [-0.15, -0.1) is 0 Å². The lowest BCUT2D eigenvalue weighted by atomic mass is 10.0. The fourth-order valence-corrected chi connectivity index (χ4v) is 2.69. The Morgan fingerprint density at radius 1 is 1.24 bits per heavy atom. The first kappa shape index (κ1) is 17.0. The fourth-order valence-electron chi connectivity index (χ4n) is 2.69. The summed E-state index contributed by atoms with van der Waals surface area (Å²) in [5, 5.41) is 18.0. The number of hydrogen-bond donors (Lipinski definition) is 2. The predicted octanol–water partition coefficient (Wildman–Crippen LogP) is 2.62. The molecule has 2 N–H and O–H groups in total. The molecule has 0 radical (unpaired) electrons. The van der Waals surface area contributed by atoms with Crippen LogP contribution in [0.25, 0.3) is 11.0 Å². The van der Waals surface area contributed by atoms with Crippen molar-refractivity contribution in [3.63, 3.8) is 0 Å². The van der Waals surface area contributed by atoms with Gasteiger partial charge < -0.3 is 19.7 Å². The summed E-state index contributed by atoms with van der Waals surface area (Å²) >= 11 is 0. The summed E-state index contributed by atoms with van der Waals surface area (Å²) in [5.74, 6) is 0.490. The first-order chi connectivity index (χ1) is 12.1. The minimum Gasteiger partial charge on any atom is -0.497 e. The summed E-state index contributed by atoms with van der Waals surface area (Å²) in [4.78, 5) is 12.3. The molecular formula is C19H20N2O4. The van der Waals surface area contributed by atoms with Gasteiger partial charge >= 0.3 is 0 Å². The van der Waals surface area contributed by atoms with E-state index < -0.39 is 12.1 Å². The van der Waals surface area contributed by atoms with Crippen LogP contribution in [0.5, 0.6) is 5.75 Å². The van der Waals surface area contributed by atoms with Crippen LogP contribution in [0.1, 0.15) is 24.3 Å². The van der Waals surface area contributed by atoms with Crippen LogP contribution in [0.2, 0.25) is 0 Å². The number of carbonyl (C=O) groups is 1. The number of amides is 1. The third kappa shape index (κ3) is 3.80. The molecule has 0 saturated heterocycles. The second kappa shape index (κ2) is 7.36. The van der Waals surface area contributed by atoms with Crippen molar-refractivity contribution in [1.82, 2.24) is 10.5 Å². The van der Waals surface area contributed by atoms with Gasteiger partial charge in [0.05, 0.1) is 25.7 Å². The van der Waals surface area contributed by atoms with Crippen molar-refractivity contribution in [1.29, 1.82) is 0 Å². The molecule has 6 nitrogen and oxygen atoms in total. The van der Waals surface area contributed by atoms with Crippen molar-refractivity contribution >= 4 is 16.9 Å². The molecule has 3 aromatic rings. The molecule has 0 bridgehead atoms. The largest absolute Gasteiger partial charge is 0.497 e. The Balaban J connectivity index is 1.63. The maximum atomic E-state index is 12.3. The highest BCUT2D eigenvalue weighted by Crippen LogP contribution is 2.21. The lowest BCUT2D eigenvalue weighted by molar-refractivity contribution is -0.121. The van der Waals surface area contributed by atoms with Crippen LogP contribution >= 0.6 is 0 Å². The molecule has 1 heterocycles. The summed E-state index contributed by atoms with van der Waals surface area (Å²) in [6, 6.07) is 14.0. The van der Waals surface area contributed by atoms with Crippen LogP contribution in [0.15, 0.2) is 53.1 Å². The summed E-state index contributed by atoms with van der Waals surface area (Å²) in [5.41, 5.74) is 1.94. The number of aliphatic hydroxyl groups excluding tert-OH is 1. The number of fused-ring (bicyclic) bond motifs is 1. The van der Waals surface area contributed by atoms with Gasteiger partial charge in [0.1, 0.15) is 11.4 Å². The SMILES string of the molecule is COc1ccc(C(O)C(C)NC(=O)Cc2noc3ccccc23)cc1. The second-order valence-electron chi connectivity index (χ2n) is 5.88. The third-order valence-electron chi connectivity index (χ3n) is 4.10. The van der Waals surface area contributed by atoms with E-state index in [2.05, 4.69) is 10.5 Å². The lowest BCUT2D eigenvalue weighted by Crippen LogP contribution is -2.38. The molecule has 0 saturated carbocycles. The molecule has 1 amide bonds. The summed E-state index contributed by atoms with van der Waals surface area (Å²) < 4.78 is 10.3. The summed E-state index contributed by atoms with van der Waals surface area (Å²) in [6.45, 7) is 1.76. The van der Waals surface area contributed by atoms with Gasteiger partial charge in [-0.1, -0.05) is 29.4 Å². The molecule has 0 aliphatic carbocycles. The number of nitrogens with one attached hydrogen (secondary N) is 1. The Bertz CT molecular complexity index is 857. The number of carbonyl (C=O) groups excluding carboxylic acids is 1. The fraction of sp³-hybridized carbons (Fsp3) is 0.263. The van der Waals surface area contributed by atoms with E-state index in [1.165, 1.54) is 0 Å². The molecule has 2 atom stereocenters. The minimum atomic E-state index is -0.816. The zero-order valence-electron chi connectivity index (χ0n) is 14.1. The number of para-hydroxylation sites is 1. The normalized spacial score (nSPS) is 13.4. The quantitative estimate of drug-likeness (QED) is 0.720. The average Bonchev–Trinajstić information content (AvgIpc) is 3.04. The van der Waals surface area contributed by atoms with Gasteiger partial charge in [-0.3, -0.25) is 4.79 Å². The maximum absolute atomic E-state index is 12.3. The van der Waals surface area contributed by atoms with Crippen LogP contribution in [0.4, 0.5) is 0 Å². The van der Waals surface area contributed by atoms with E-state index in [0.29, 0.717) is 22.6 Å². The van der Waals surface area contributed by atoms with Crippen LogP contribution in [-0.4, -0.2) is 29.3 Å². The van der Waals surface area contributed by atoms with Gasteiger partial charge in [-0.25, -0.2) is 0 Å². The number of methoxy groups -OCH3 is 1. The molecule has 25 heavy (non-hydrogen) atoms. The molecular weight excluding hydrogens is 320 g/mol. The summed E-state index contributed by atoms with van der Waals surface area (Å²) in [7, 11) is 1.59. The highest BCUT2D eigenvalue weighted by molar-refractivity contribution is 5.86. The number of nitrogens with zero attached hydrogens (tertiary/aromatic N) is 1. The van der Waals surface area contributed by atoms with E-state index in [-0.39, 0.29) is 12.3 Å². The van der Waals surface area contributed by atoms with Gasteiger partial charge in [0.25, 0.3) is 0 Å². The monoisotopic (exact) mass is 340 g/mol. The highest BCUT2D eigenvalue weighted by atomic mass is 16.5. The molecule has 3 rings (SSSR count). The van der Waals surface area contributed by atoms with Crippen molar-refractivity contribution in [3.8, 4) is 5.75 Å². The van der Waals surface area contributed by atoms with Crippen LogP contribution < -0.4 is 10.1 Å². The maximum Gasteiger partial charge on any atom is 0.226 e. The van der Waals surface area contributed by atoms with Crippen molar-refractivity contribution in [3.05, 3.63) is 59.8 Å². The first-order valence-corrected chi connectivity index (χ1v) is 8.03. The van der Waals surface area contributed by atoms with Gasteiger partial charge in [0.15, 0.2) is 5.58 Å². The third-order valence-corrected chi connectivity index (χ3v) is 4.10. The van der Waals surface area contributed by atoms with E-state index in [9.17, 15) is 9.90 Å². The van der Waals surface area contributed by atoms with E-state index in [4.69, 9.17) is 9.26 Å². The smallest absolute Gasteiger partial charge is 0.226 e. The Hall–Kier alpha value is -2.86. The van der Waals surface area contributed by atoms with Crippen molar-refractivity contribution < 1.29 is 19.2 Å². The summed E-state index contributed by atoms with van der Waals surface area (Å²) in [6.07, 6.45) is -0.722. The van der Waals surface area contributed by atoms with E-state index in [1.807, 2.05) is 18.2 Å². The van der Waals surface area contributed by atoms with E-state index in [1.54, 1.807) is 44.4 Å². The Morgan fingerprint density at radius 2 is 1.96 bits per heavy atom. The molecule has 2 aromatic carbocycles. The first-order valence-electron chi connectivity index (χ1n) is 8.03. The average molecular weight is 340 g/mol. The number of aromatic nitrogens is 1. The standard InChI is InChI=1S/C19H20N2O4/c1-12(19(23)13-7-9-14(24-2)10-8-13)20-18(22)11-16-15-5-3-4-6-17(15)25-21-16/h3-10,12,19,23H,11H2,1-2H3,(H,20,22). The molecule has 1 aromatic heterocycles. The molecule has 2 unspecified atom stereocenters. The van der Waals surface area contributed by atoms with Crippen molar-refractivity contribution in [2.24, 2.45) is 0 Å². The highest BCUT2D eigenvalue weighted by Gasteiger charge is 2.20. The van der Waals surface area contributed by atoms with Crippen LogP contribution in [-0.2, 0) is 11.2 Å². The molecule has 0 aliphatic heterocycles. The lowest BCUT2D eigenvalue weighted by Gasteiger charge is -2.20. The number of ether oxygens (including phenoxy) is 1. The van der Waals surface area contributed by atoms with Crippen LogP contribution in [0, 0.1) is 0 Å². The number of rotatable bonds is 6. The predicted molar refractivity (Wildman–Crippen MR) is 93.3 cm³/mol. The Labute approximate surface area is 145 Å². The zero-order chi connectivity index (χ0) is 17.8. The van der Waals surface area contributed by atoms with Crippen LogP contribution in [0.3, 0.4) is 0 Å². The van der Waals surface area contributed by atoms with Gasteiger partial charge in [-0.2, -0.15) is 0 Å². The zero-order valence-corrected chi connectivity index (χ0v) is 14.1. The van der Waals surface area contributed by atoms with Crippen molar-refractivity contribution in [2.75, 3.05) is 7.11 Å².